The molecule has 28 heavy (non-hydrogen) atoms. The molecule has 1 aromatic heterocycles. The van der Waals surface area contributed by atoms with E-state index in [9.17, 15) is 0 Å². The van der Waals surface area contributed by atoms with Gasteiger partial charge in [-0.05, 0) is 60.7 Å². The summed E-state index contributed by atoms with van der Waals surface area (Å²) in [5.74, 6) is 0.939. The zero-order chi connectivity index (χ0) is 19.3. The van der Waals surface area contributed by atoms with Crippen LogP contribution in [-0.2, 0) is 6.54 Å². The molecular formula is C23H26N4O. The largest absolute Gasteiger partial charge is 0.494 e. The molecule has 0 atom stereocenters. The topological polar surface area (TPSA) is 43.2 Å². The van der Waals surface area contributed by atoms with E-state index < -0.39 is 0 Å². The van der Waals surface area contributed by atoms with E-state index in [1.807, 2.05) is 11.6 Å². The Kier molecular flexibility index (Phi) is 5.53. The molecule has 0 unspecified atom stereocenters. The second-order valence-corrected chi connectivity index (χ2v) is 7.13. The predicted molar refractivity (Wildman–Crippen MR) is 112 cm³/mol. The zero-order valence-corrected chi connectivity index (χ0v) is 16.5. The Balaban J connectivity index is 1.39. The Morgan fingerprint density at radius 1 is 1.11 bits per heavy atom. The number of hydrogen-bond acceptors (Lipinski definition) is 4. The molecule has 0 aliphatic carbocycles. The number of ether oxygens (including phenoxy) is 1. The summed E-state index contributed by atoms with van der Waals surface area (Å²) < 4.78 is 7.35. The standard InChI is InChI=1S/C23H26N4O/c1-3-28-22-7-5-20(6-8-22)21-10-12-26(13-11-21)15-19-4-9-23(18(2)14-19)27-17-24-16-25-27/h4-10,14,16-17H,3,11-13,15H2,1-2H3. The van der Waals surface area contributed by atoms with Crippen molar-refractivity contribution in [2.75, 3.05) is 19.7 Å². The van der Waals surface area contributed by atoms with Crippen LogP contribution in [0, 0.1) is 6.92 Å². The Bertz CT molecular complexity index is 945. The number of rotatable bonds is 6. The molecule has 3 aromatic rings. The van der Waals surface area contributed by atoms with Gasteiger partial charge in [-0.1, -0.05) is 30.3 Å². The maximum Gasteiger partial charge on any atom is 0.138 e. The molecule has 2 aromatic carbocycles. The van der Waals surface area contributed by atoms with Gasteiger partial charge in [0.1, 0.15) is 18.4 Å². The minimum atomic E-state index is 0.705. The minimum Gasteiger partial charge on any atom is -0.494 e. The number of hydrogen-bond donors (Lipinski definition) is 0. The van der Waals surface area contributed by atoms with E-state index in [1.54, 1.807) is 12.7 Å². The summed E-state index contributed by atoms with van der Waals surface area (Å²) in [6, 6.07) is 15.0. The first kappa shape index (κ1) is 18.4. The summed E-state index contributed by atoms with van der Waals surface area (Å²) in [7, 11) is 0. The number of aromatic nitrogens is 3. The van der Waals surface area contributed by atoms with Crippen molar-refractivity contribution in [1.82, 2.24) is 19.7 Å². The molecule has 1 aliphatic heterocycles. The van der Waals surface area contributed by atoms with Gasteiger partial charge in [0.05, 0.1) is 12.3 Å². The SMILES string of the molecule is CCOc1ccc(C2=CCN(Cc3ccc(-n4cncn4)c(C)c3)CC2)cc1. The second kappa shape index (κ2) is 8.40. The Hall–Kier alpha value is -2.92. The predicted octanol–water partition coefficient (Wildman–Crippen LogP) is 4.26. The van der Waals surface area contributed by atoms with Gasteiger partial charge >= 0.3 is 0 Å². The highest BCUT2D eigenvalue weighted by Gasteiger charge is 2.14. The number of nitrogens with zero attached hydrogens (tertiary/aromatic N) is 4. The van der Waals surface area contributed by atoms with Crippen LogP contribution in [0.1, 0.15) is 30.0 Å². The van der Waals surface area contributed by atoms with Gasteiger partial charge in [-0.3, -0.25) is 4.90 Å². The van der Waals surface area contributed by atoms with Gasteiger partial charge in [0.2, 0.25) is 0 Å². The molecule has 0 fully saturated rings. The molecule has 0 amide bonds. The van der Waals surface area contributed by atoms with E-state index in [1.165, 1.54) is 22.3 Å². The van der Waals surface area contributed by atoms with Crippen LogP contribution in [0.15, 0.2) is 61.2 Å². The highest BCUT2D eigenvalue weighted by molar-refractivity contribution is 5.67. The third kappa shape index (κ3) is 4.15. The van der Waals surface area contributed by atoms with Crippen molar-refractivity contribution in [2.45, 2.75) is 26.8 Å². The first-order valence-corrected chi connectivity index (χ1v) is 9.82. The van der Waals surface area contributed by atoms with E-state index in [0.29, 0.717) is 6.61 Å². The van der Waals surface area contributed by atoms with Crippen LogP contribution in [-0.4, -0.2) is 39.4 Å². The lowest BCUT2D eigenvalue weighted by Crippen LogP contribution is -2.28. The van der Waals surface area contributed by atoms with Gasteiger partial charge in [0, 0.05) is 19.6 Å². The molecule has 144 valence electrons. The van der Waals surface area contributed by atoms with Crippen molar-refractivity contribution in [2.24, 2.45) is 0 Å². The van der Waals surface area contributed by atoms with Gasteiger partial charge in [0.25, 0.3) is 0 Å². The molecule has 0 bridgehead atoms. The van der Waals surface area contributed by atoms with Gasteiger partial charge < -0.3 is 4.74 Å². The summed E-state index contributed by atoms with van der Waals surface area (Å²) in [5, 5.41) is 4.22. The van der Waals surface area contributed by atoms with Crippen LogP contribution in [0.3, 0.4) is 0 Å². The van der Waals surface area contributed by atoms with Crippen molar-refractivity contribution in [1.29, 1.82) is 0 Å². The highest BCUT2D eigenvalue weighted by Crippen LogP contribution is 2.25. The molecule has 2 heterocycles. The van der Waals surface area contributed by atoms with Crippen molar-refractivity contribution >= 4 is 5.57 Å². The van der Waals surface area contributed by atoms with Crippen LogP contribution in [0.2, 0.25) is 0 Å². The van der Waals surface area contributed by atoms with Gasteiger partial charge in [-0.2, -0.15) is 5.10 Å². The first-order valence-electron chi connectivity index (χ1n) is 9.82. The van der Waals surface area contributed by atoms with Gasteiger partial charge in [-0.25, -0.2) is 9.67 Å². The van der Waals surface area contributed by atoms with E-state index >= 15 is 0 Å². The second-order valence-electron chi connectivity index (χ2n) is 7.13. The highest BCUT2D eigenvalue weighted by atomic mass is 16.5. The average Bonchev–Trinajstić information content (AvgIpc) is 3.24. The third-order valence-corrected chi connectivity index (χ3v) is 5.16. The zero-order valence-electron chi connectivity index (χ0n) is 16.5. The molecule has 5 nitrogen and oxygen atoms in total. The summed E-state index contributed by atoms with van der Waals surface area (Å²) in [4.78, 5) is 6.52. The quantitative estimate of drug-likeness (QED) is 0.646. The Morgan fingerprint density at radius 3 is 2.61 bits per heavy atom. The molecular weight excluding hydrogens is 348 g/mol. The number of aryl methyl sites for hydroxylation is 1. The lowest BCUT2D eigenvalue weighted by molar-refractivity contribution is 0.294. The summed E-state index contributed by atoms with van der Waals surface area (Å²) in [6.45, 7) is 7.85. The maximum absolute atomic E-state index is 5.54. The summed E-state index contributed by atoms with van der Waals surface area (Å²) in [5.41, 5.74) is 6.36. The van der Waals surface area contributed by atoms with Crippen LogP contribution in [0.5, 0.6) is 5.75 Å². The van der Waals surface area contributed by atoms with Crippen LogP contribution in [0.4, 0.5) is 0 Å². The third-order valence-electron chi connectivity index (χ3n) is 5.16. The average molecular weight is 374 g/mol. The monoisotopic (exact) mass is 374 g/mol. The Labute approximate surface area is 166 Å². The Morgan fingerprint density at radius 2 is 1.96 bits per heavy atom. The fourth-order valence-corrected chi connectivity index (χ4v) is 3.71. The fraction of sp³-hybridized carbons (Fsp3) is 0.304. The molecule has 0 saturated heterocycles. The van der Waals surface area contributed by atoms with Crippen LogP contribution >= 0.6 is 0 Å². The maximum atomic E-state index is 5.54. The van der Waals surface area contributed by atoms with Crippen molar-refractivity contribution < 1.29 is 4.74 Å². The molecule has 1 aliphatic rings. The minimum absolute atomic E-state index is 0.705. The van der Waals surface area contributed by atoms with Crippen molar-refractivity contribution in [3.63, 3.8) is 0 Å². The van der Waals surface area contributed by atoms with E-state index in [2.05, 4.69) is 70.4 Å². The first-order chi connectivity index (χ1) is 13.7. The van der Waals surface area contributed by atoms with Crippen molar-refractivity contribution in [3.8, 4) is 11.4 Å². The van der Waals surface area contributed by atoms with Crippen LogP contribution < -0.4 is 4.74 Å². The summed E-state index contributed by atoms with van der Waals surface area (Å²) >= 11 is 0. The normalized spacial score (nSPS) is 14.7. The molecule has 0 spiro atoms. The molecule has 0 N–H and O–H groups in total. The summed E-state index contributed by atoms with van der Waals surface area (Å²) in [6.07, 6.45) is 6.73. The lowest BCUT2D eigenvalue weighted by atomic mass is 9.99. The fourth-order valence-electron chi connectivity index (χ4n) is 3.71. The molecule has 5 heteroatoms. The molecule has 0 radical (unpaired) electrons. The van der Waals surface area contributed by atoms with E-state index in [0.717, 1.165) is 37.5 Å². The molecule has 0 saturated carbocycles. The smallest absolute Gasteiger partial charge is 0.138 e. The molecule has 4 rings (SSSR count). The van der Waals surface area contributed by atoms with Crippen LogP contribution in [0.25, 0.3) is 11.3 Å². The van der Waals surface area contributed by atoms with E-state index in [4.69, 9.17) is 4.74 Å². The van der Waals surface area contributed by atoms with Gasteiger partial charge in [-0.15, -0.1) is 0 Å². The van der Waals surface area contributed by atoms with Gasteiger partial charge in [0.15, 0.2) is 0 Å². The van der Waals surface area contributed by atoms with Crippen molar-refractivity contribution in [3.05, 3.63) is 77.9 Å². The van der Waals surface area contributed by atoms with E-state index in [-0.39, 0.29) is 0 Å². The lowest BCUT2D eigenvalue weighted by Gasteiger charge is -2.27. The number of benzene rings is 2.